The Morgan fingerprint density at radius 1 is 0.976 bits per heavy atom. The molecular formula is C37H50N2O2. The summed E-state index contributed by atoms with van der Waals surface area (Å²) < 4.78 is 0. The molecule has 1 saturated heterocycles. The molecule has 5 fully saturated rings. The number of Topliss-reactive ketones (excluding diaryl/α,β-unsaturated/α-hetero) is 1. The quantitative estimate of drug-likeness (QED) is 0.330. The number of carbonyl (C=O) groups is 2. The van der Waals surface area contributed by atoms with Crippen LogP contribution in [0.5, 0.6) is 0 Å². The maximum Gasteiger partial charge on any atom is 0.178 e. The highest BCUT2D eigenvalue weighted by atomic mass is 16.1. The van der Waals surface area contributed by atoms with Crippen LogP contribution in [0.4, 0.5) is 0 Å². The fourth-order valence-corrected chi connectivity index (χ4v) is 11.9. The van der Waals surface area contributed by atoms with Gasteiger partial charge in [0.1, 0.15) is 6.07 Å². The molecule has 0 aromatic carbocycles. The van der Waals surface area contributed by atoms with Crippen molar-refractivity contribution in [1.29, 1.82) is 5.26 Å². The Kier molecular flexibility index (Phi) is 5.81. The Morgan fingerprint density at radius 2 is 1.68 bits per heavy atom. The van der Waals surface area contributed by atoms with Crippen LogP contribution >= 0.6 is 0 Å². The van der Waals surface area contributed by atoms with E-state index >= 15 is 0 Å². The second-order valence-electron chi connectivity index (χ2n) is 16.9. The number of nitrogens with zero attached hydrogens (tertiary/aromatic N) is 2. The first-order valence-electron chi connectivity index (χ1n) is 16.6. The van der Waals surface area contributed by atoms with Gasteiger partial charge in [0.15, 0.2) is 11.6 Å². The average molecular weight is 555 g/mol. The van der Waals surface area contributed by atoms with Crippen LogP contribution in [-0.2, 0) is 9.59 Å². The van der Waals surface area contributed by atoms with E-state index in [1.165, 1.54) is 63.5 Å². The van der Waals surface area contributed by atoms with Crippen molar-refractivity contribution < 1.29 is 9.59 Å². The van der Waals surface area contributed by atoms with Gasteiger partial charge in [0.25, 0.3) is 0 Å². The van der Waals surface area contributed by atoms with E-state index in [-0.39, 0.29) is 39.4 Å². The van der Waals surface area contributed by atoms with Crippen molar-refractivity contribution in [2.75, 3.05) is 13.6 Å². The van der Waals surface area contributed by atoms with Crippen molar-refractivity contribution in [3.05, 3.63) is 35.5 Å². The first-order valence-corrected chi connectivity index (χ1v) is 16.6. The summed E-state index contributed by atoms with van der Waals surface area (Å²) in [5.74, 6) is 0.859. The van der Waals surface area contributed by atoms with Crippen molar-refractivity contribution in [3.8, 4) is 6.07 Å². The number of ketones is 2. The van der Waals surface area contributed by atoms with Crippen molar-refractivity contribution in [2.45, 2.75) is 111 Å². The Morgan fingerprint density at radius 3 is 2.34 bits per heavy atom. The number of allylic oxidation sites excluding steroid dienone is 5. The van der Waals surface area contributed by atoms with Crippen molar-refractivity contribution in [1.82, 2.24) is 4.90 Å². The van der Waals surface area contributed by atoms with E-state index in [1.807, 2.05) is 19.9 Å². The predicted octanol–water partition coefficient (Wildman–Crippen LogP) is 7.61. The first-order chi connectivity index (χ1) is 19.3. The van der Waals surface area contributed by atoms with Gasteiger partial charge in [-0.05, 0) is 124 Å². The molecular weight excluding hydrogens is 504 g/mol. The molecule has 7 aliphatic rings. The van der Waals surface area contributed by atoms with E-state index in [0.29, 0.717) is 23.2 Å². The van der Waals surface area contributed by atoms with Gasteiger partial charge in [-0.2, -0.15) is 5.26 Å². The van der Waals surface area contributed by atoms with Crippen LogP contribution in [0, 0.1) is 61.6 Å². The maximum atomic E-state index is 14.7. The molecule has 0 aromatic heterocycles. The van der Waals surface area contributed by atoms with Gasteiger partial charge in [-0.3, -0.25) is 14.5 Å². The lowest BCUT2D eigenvalue weighted by Crippen LogP contribution is -2.64. The second-order valence-corrected chi connectivity index (χ2v) is 16.9. The third kappa shape index (κ3) is 3.54. The topological polar surface area (TPSA) is 61.2 Å². The van der Waals surface area contributed by atoms with E-state index in [9.17, 15) is 14.9 Å². The van der Waals surface area contributed by atoms with E-state index in [2.05, 4.69) is 57.0 Å². The molecule has 0 bridgehead atoms. The van der Waals surface area contributed by atoms with Gasteiger partial charge in [0.2, 0.25) is 0 Å². The standard InChI is InChI=1S/C37H50N2O2/c1-32(2)28-10-11-34(4)29(33(28,3)21-24(23-38)31(32)41)20-27(40)30-26-22-36(14-15-36)16-18-37(26,17-13-35(30,34)5)12-9-25-8-7-19-39(25)6/h9,12,20-21,25-26,28,30H,7-8,10-11,13-19,22H2,1-6H3/b12-9+/t25?,26-,28-,30-,33-,34+,35+,37-/m0/s1. The van der Waals surface area contributed by atoms with E-state index in [0.717, 1.165) is 19.3 Å². The number of hydrogen-bond acceptors (Lipinski definition) is 4. The van der Waals surface area contributed by atoms with Gasteiger partial charge in [-0.25, -0.2) is 0 Å². The molecule has 7 rings (SSSR count). The Bertz CT molecular complexity index is 1340. The number of nitriles is 1. The molecule has 0 aromatic rings. The monoisotopic (exact) mass is 554 g/mol. The van der Waals surface area contributed by atoms with Gasteiger partial charge in [-0.15, -0.1) is 0 Å². The van der Waals surface area contributed by atoms with Crippen LogP contribution < -0.4 is 0 Å². The lowest BCUT2D eigenvalue weighted by molar-refractivity contribution is -0.161. The van der Waals surface area contributed by atoms with Gasteiger partial charge >= 0.3 is 0 Å². The molecule has 41 heavy (non-hydrogen) atoms. The third-order valence-electron chi connectivity index (χ3n) is 14.8. The molecule has 6 aliphatic carbocycles. The molecule has 0 N–H and O–H groups in total. The predicted molar refractivity (Wildman–Crippen MR) is 162 cm³/mol. The molecule has 1 spiro atoms. The summed E-state index contributed by atoms with van der Waals surface area (Å²) in [5, 5.41) is 9.97. The number of likely N-dealkylation sites (N-methyl/N-ethyl adjacent to an activating group) is 1. The fourth-order valence-electron chi connectivity index (χ4n) is 11.9. The largest absolute Gasteiger partial charge is 0.300 e. The van der Waals surface area contributed by atoms with Gasteiger partial charge < -0.3 is 0 Å². The molecule has 0 radical (unpaired) electrons. The van der Waals surface area contributed by atoms with Crippen molar-refractivity contribution >= 4 is 11.6 Å². The van der Waals surface area contributed by atoms with E-state index in [1.54, 1.807) is 0 Å². The Balaban J connectivity index is 1.34. The minimum Gasteiger partial charge on any atom is -0.300 e. The maximum absolute atomic E-state index is 14.7. The molecule has 1 unspecified atom stereocenters. The SMILES string of the molecule is CN1CCCC1/C=C/[C@]12CCC3(CC3)C[C@H]1[C@H]1C(=O)C=C3[C@@]4(C)C=C(C#N)C(=O)C(C)(C)[C@@H]4CC[C@@]3(C)[C@]1(C)CC2. The van der Waals surface area contributed by atoms with Crippen LogP contribution in [0.15, 0.2) is 35.5 Å². The molecule has 220 valence electrons. The Labute approximate surface area is 247 Å². The molecule has 1 heterocycles. The normalized spacial score (nSPS) is 48.0. The van der Waals surface area contributed by atoms with E-state index < -0.39 is 10.8 Å². The molecule has 4 heteroatoms. The summed E-state index contributed by atoms with van der Waals surface area (Å²) in [6, 6.07) is 2.78. The van der Waals surface area contributed by atoms with Gasteiger partial charge in [0.05, 0.1) is 5.57 Å². The van der Waals surface area contributed by atoms with Gasteiger partial charge in [-0.1, -0.05) is 58.4 Å². The lowest BCUT2D eigenvalue weighted by atomic mass is 9.34. The van der Waals surface area contributed by atoms with Crippen LogP contribution in [0.25, 0.3) is 0 Å². The van der Waals surface area contributed by atoms with Crippen molar-refractivity contribution in [3.63, 3.8) is 0 Å². The number of fused-ring (bicyclic) bond motifs is 7. The van der Waals surface area contributed by atoms with Crippen LogP contribution in [0.2, 0.25) is 0 Å². The molecule has 4 nitrogen and oxygen atoms in total. The summed E-state index contributed by atoms with van der Waals surface area (Å²) in [6.45, 7) is 12.4. The molecule has 4 saturated carbocycles. The third-order valence-corrected chi connectivity index (χ3v) is 14.8. The summed E-state index contributed by atoms with van der Waals surface area (Å²) in [4.78, 5) is 30.5. The lowest BCUT2D eigenvalue weighted by Gasteiger charge is -2.68. The fraction of sp³-hybridized carbons (Fsp3) is 0.757. The zero-order valence-electron chi connectivity index (χ0n) is 26.3. The number of hydrogen-bond donors (Lipinski definition) is 0. The number of carbonyl (C=O) groups excluding carboxylic acids is 2. The summed E-state index contributed by atoms with van der Waals surface area (Å²) in [5.41, 5.74) is 0.805. The van der Waals surface area contributed by atoms with Crippen LogP contribution in [-0.4, -0.2) is 36.1 Å². The zero-order valence-corrected chi connectivity index (χ0v) is 26.3. The number of likely N-dealkylation sites (tertiary alicyclic amines) is 1. The number of rotatable bonds is 2. The highest BCUT2D eigenvalue weighted by Crippen LogP contribution is 2.76. The summed E-state index contributed by atoms with van der Waals surface area (Å²) in [7, 11) is 2.26. The van der Waals surface area contributed by atoms with E-state index in [4.69, 9.17) is 0 Å². The minimum absolute atomic E-state index is 0.0306. The molecule has 0 amide bonds. The summed E-state index contributed by atoms with van der Waals surface area (Å²) in [6.07, 6.45) is 22.4. The highest BCUT2D eigenvalue weighted by Gasteiger charge is 2.70. The first kappa shape index (κ1) is 27.8. The smallest absolute Gasteiger partial charge is 0.178 e. The average Bonchev–Trinajstić information content (AvgIpc) is 3.55. The molecule has 8 atom stereocenters. The highest BCUT2D eigenvalue weighted by molar-refractivity contribution is 6.04. The Hall–Kier alpha value is -1.99. The summed E-state index contributed by atoms with van der Waals surface area (Å²) >= 11 is 0. The second kappa shape index (κ2) is 8.56. The zero-order chi connectivity index (χ0) is 29.2. The van der Waals surface area contributed by atoms with Gasteiger partial charge in [0, 0.05) is 22.8 Å². The van der Waals surface area contributed by atoms with Crippen LogP contribution in [0.3, 0.4) is 0 Å². The minimum atomic E-state index is -0.612. The van der Waals surface area contributed by atoms with Crippen LogP contribution in [0.1, 0.15) is 105 Å². The molecule has 1 aliphatic heterocycles. The van der Waals surface area contributed by atoms with Crippen molar-refractivity contribution in [2.24, 2.45) is 50.2 Å².